The normalized spacial score (nSPS) is 22.0. The first-order chi connectivity index (χ1) is 10.1. The summed E-state index contributed by atoms with van der Waals surface area (Å²) < 4.78 is 0. The van der Waals surface area contributed by atoms with Crippen LogP contribution in [0.2, 0.25) is 0 Å². The van der Waals surface area contributed by atoms with Crippen LogP contribution in [0.3, 0.4) is 0 Å². The summed E-state index contributed by atoms with van der Waals surface area (Å²) in [6, 6.07) is 6.28. The Balaban J connectivity index is 1.85. The molecule has 1 aromatic rings. The number of carbonyl (C=O) groups is 1. The highest BCUT2D eigenvalue weighted by Gasteiger charge is 2.24. The van der Waals surface area contributed by atoms with E-state index in [4.69, 9.17) is 11.6 Å². The lowest BCUT2D eigenvalue weighted by molar-refractivity contribution is -0.120. The topological polar surface area (TPSA) is 29.1 Å². The van der Waals surface area contributed by atoms with Crippen LogP contribution >= 0.6 is 11.6 Å². The summed E-state index contributed by atoms with van der Waals surface area (Å²) in [7, 11) is 0. The second kappa shape index (κ2) is 7.84. The van der Waals surface area contributed by atoms with Gasteiger partial charge in [-0.2, -0.15) is 0 Å². The molecule has 0 bridgehead atoms. The van der Waals surface area contributed by atoms with E-state index in [0.29, 0.717) is 18.3 Å². The molecule has 2 nitrogen and oxygen atoms in total. The Morgan fingerprint density at radius 3 is 2.67 bits per heavy atom. The second-order valence-corrected chi connectivity index (χ2v) is 6.68. The largest absolute Gasteiger partial charge is 0.356 e. The fourth-order valence-corrected chi connectivity index (χ4v) is 3.63. The maximum atomic E-state index is 12.2. The summed E-state index contributed by atoms with van der Waals surface area (Å²) in [5, 5.41) is 3.11. The number of aryl methyl sites for hydroxylation is 2. The zero-order valence-corrected chi connectivity index (χ0v) is 13.9. The van der Waals surface area contributed by atoms with Crippen LogP contribution in [0, 0.1) is 25.7 Å². The number of hydrogen-bond donors (Lipinski definition) is 1. The van der Waals surface area contributed by atoms with Crippen molar-refractivity contribution in [2.24, 2.45) is 11.8 Å². The average Bonchev–Trinajstić information content (AvgIpc) is 2.49. The molecule has 1 fully saturated rings. The van der Waals surface area contributed by atoms with E-state index in [0.717, 1.165) is 18.0 Å². The molecule has 0 spiro atoms. The first kappa shape index (κ1) is 16.4. The van der Waals surface area contributed by atoms with Gasteiger partial charge in [-0.25, -0.2) is 0 Å². The number of amides is 1. The summed E-state index contributed by atoms with van der Waals surface area (Å²) in [4.78, 5) is 12.2. The average molecular weight is 308 g/mol. The zero-order valence-electron chi connectivity index (χ0n) is 13.1. The molecule has 1 saturated carbocycles. The number of hydrogen-bond acceptors (Lipinski definition) is 1. The number of nitrogens with one attached hydrogen (secondary N) is 1. The molecule has 1 N–H and O–H groups in total. The van der Waals surface area contributed by atoms with Gasteiger partial charge in [0.05, 0.1) is 6.42 Å². The van der Waals surface area contributed by atoms with E-state index in [1.54, 1.807) is 0 Å². The quantitative estimate of drug-likeness (QED) is 0.818. The van der Waals surface area contributed by atoms with Gasteiger partial charge in [0.25, 0.3) is 0 Å². The molecule has 0 radical (unpaired) electrons. The number of benzene rings is 1. The molecule has 1 aliphatic carbocycles. The molecule has 0 aromatic heterocycles. The minimum absolute atomic E-state index is 0.127. The Morgan fingerprint density at radius 2 is 1.95 bits per heavy atom. The fourth-order valence-electron chi connectivity index (χ4n) is 3.23. The van der Waals surface area contributed by atoms with E-state index in [-0.39, 0.29) is 5.91 Å². The third-order valence-electron chi connectivity index (χ3n) is 4.68. The van der Waals surface area contributed by atoms with Gasteiger partial charge < -0.3 is 5.32 Å². The number of halogens is 1. The molecular weight excluding hydrogens is 282 g/mol. The van der Waals surface area contributed by atoms with Crippen LogP contribution < -0.4 is 5.32 Å². The van der Waals surface area contributed by atoms with Crippen molar-refractivity contribution in [3.8, 4) is 0 Å². The predicted molar refractivity (Wildman–Crippen MR) is 88.8 cm³/mol. The van der Waals surface area contributed by atoms with Crippen molar-refractivity contribution in [2.75, 3.05) is 12.4 Å². The Morgan fingerprint density at radius 1 is 1.24 bits per heavy atom. The smallest absolute Gasteiger partial charge is 0.224 e. The van der Waals surface area contributed by atoms with E-state index in [1.807, 2.05) is 0 Å². The van der Waals surface area contributed by atoms with Gasteiger partial charge in [-0.3, -0.25) is 4.79 Å². The Bertz CT molecular complexity index is 486. The minimum atomic E-state index is 0.127. The molecule has 1 aliphatic rings. The van der Waals surface area contributed by atoms with Crippen molar-refractivity contribution >= 4 is 17.5 Å². The summed E-state index contributed by atoms with van der Waals surface area (Å²) >= 11 is 6.05. The lowest BCUT2D eigenvalue weighted by atomic mass is 9.80. The molecule has 116 valence electrons. The monoisotopic (exact) mass is 307 g/mol. The highest BCUT2D eigenvalue weighted by molar-refractivity contribution is 6.18. The standard InChI is InChI=1S/C18H26ClNO/c1-13-7-8-14(2)17(9-13)10-18(21)20-12-16-6-4-3-5-15(16)11-19/h7-9,15-16H,3-6,10-12H2,1-2H3,(H,20,21). The van der Waals surface area contributed by atoms with Crippen molar-refractivity contribution < 1.29 is 4.79 Å². The highest BCUT2D eigenvalue weighted by atomic mass is 35.5. The Kier molecular flexibility index (Phi) is 6.10. The van der Waals surface area contributed by atoms with Crippen LogP contribution in [0.5, 0.6) is 0 Å². The van der Waals surface area contributed by atoms with Crippen LogP contribution in [0.1, 0.15) is 42.4 Å². The summed E-state index contributed by atoms with van der Waals surface area (Å²) in [5.41, 5.74) is 3.52. The van der Waals surface area contributed by atoms with Crippen molar-refractivity contribution in [1.82, 2.24) is 5.32 Å². The first-order valence-electron chi connectivity index (χ1n) is 7.99. The van der Waals surface area contributed by atoms with Crippen LogP contribution in [0.15, 0.2) is 18.2 Å². The van der Waals surface area contributed by atoms with Gasteiger partial charge in [0.1, 0.15) is 0 Å². The summed E-state index contributed by atoms with van der Waals surface area (Å²) in [6.45, 7) is 4.90. The maximum Gasteiger partial charge on any atom is 0.224 e. The number of alkyl halides is 1. The zero-order chi connectivity index (χ0) is 15.2. The molecule has 0 aliphatic heterocycles. The van der Waals surface area contributed by atoms with E-state index in [9.17, 15) is 4.79 Å². The molecule has 2 rings (SSSR count). The molecule has 3 heteroatoms. The third kappa shape index (κ3) is 4.74. The van der Waals surface area contributed by atoms with E-state index >= 15 is 0 Å². The van der Waals surface area contributed by atoms with Crippen LogP contribution in [0.4, 0.5) is 0 Å². The molecule has 2 atom stereocenters. The first-order valence-corrected chi connectivity index (χ1v) is 8.52. The molecule has 0 saturated heterocycles. The van der Waals surface area contributed by atoms with Crippen LogP contribution in [-0.2, 0) is 11.2 Å². The van der Waals surface area contributed by atoms with Crippen molar-refractivity contribution in [2.45, 2.75) is 46.0 Å². The number of carbonyl (C=O) groups excluding carboxylic acids is 1. The van der Waals surface area contributed by atoms with Gasteiger partial charge in [-0.05, 0) is 49.7 Å². The predicted octanol–water partition coefficient (Wildman–Crippen LogP) is 4.01. The number of rotatable bonds is 5. The van der Waals surface area contributed by atoms with Gasteiger partial charge >= 0.3 is 0 Å². The second-order valence-electron chi connectivity index (χ2n) is 6.37. The van der Waals surface area contributed by atoms with Gasteiger partial charge in [0, 0.05) is 12.4 Å². The van der Waals surface area contributed by atoms with Crippen LogP contribution in [-0.4, -0.2) is 18.3 Å². The van der Waals surface area contributed by atoms with Crippen molar-refractivity contribution in [3.05, 3.63) is 34.9 Å². The molecule has 1 amide bonds. The molecule has 1 aromatic carbocycles. The summed E-state index contributed by atoms with van der Waals surface area (Å²) in [5.74, 6) is 1.97. The van der Waals surface area contributed by atoms with Crippen molar-refractivity contribution in [3.63, 3.8) is 0 Å². The molecule has 2 unspecified atom stereocenters. The SMILES string of the molecule is Cc1ccc(C)c(CC(=O)NCC2CCCCC2CCl)c1. The minimum Gasteiger partial charge on any atom is -0.356 e. The lowest BCUT2D eigenvalue weighted by Gasteiger charge is -2.30. The maximum absolute atomic E-state index is 12.2. The van der Waals surface area contributed by atoms with Crippen molar-refractivity contribution in [1.29, 1.82) is 0 Å². The molecular formula is C18H26ClNO. The van der Waals surface area contributed by atoms with E-state index in [1.165, 1.54) is 36.8 Å². The Labute approximate surface area is 133 Å². The highest BCUT2D eigenvalue weighted by Crippen LogP contribution is 2.30. The van der Waals surface area contributed by atoms with Crippen LogP contribution in [0.25, 0.3) is 0 Å². The van der Waals surface area contributed by atoms with Gasteiger partial charge in [0.15, 0.2) is 0 Å². The molecule has 21 heavy (non-hydrogen) atoms. The van der Waals surface area contributed by atoms with E-state index in [2.05, 4.69) is 37.4 Å². The third-order valence-corrected chi connectivity index (χ3v) is 5.08. The lowest BCUT2D eigenvalue weighted by Crippen LogP contribution is -2.35. The Hall–Kier alpha value is -1.02. The van der Waals surface area contributed by atoms with E-state index < -0.39 is 0 Å². The van der Waals surface area contributed by atoms with Gasteiger partial charge in [0.2, 0.25) is 5.91 Å². The van der Waals surface area contributed by atoms with Gasteiger partial charge in [-0.15, -0.1) is 11.6 Å². The summed E-state index contributed by atoms with van der Waals surface area (Å²) in [6.07, 6.45) is 5.43. The van der Waals surface area contributed by atoms with Gasteiger partial charge in [-0.1, -0.05) is 36.6 Å². The fraction of sp³-hybridized carbons (Fsp3) is 0.611. The molecule has 0 heterocycles.